The van der Waals surface area contributed by atoms with Gasteiger partial charge in [0.1, 0.15) is 0 Å². The van der Waals surface area contributed by atoms with Gasteiger partial charge in [0, 0.05) is 36.3 Å². The van der Waals surface area contributed by atoms with Gasteiger partial charge in [-0.15, -0.1) is 0 Å². The largest absolute Gasteiger partial charge is 0.358 e. The Bertz CT molecular complexity index is 1180. The van der Waals surface area contributed by atoms with E-state index in [0.717, 1.165) is 26.5 Å². The van der Waals surface area contributed by atoms with Gasteiger partial charge in [0.15, 0.2) is 0 Å². The number of nitrogens with zero attached hydrogens (tertiary/aromatic N) is 1. The molecule has 0 aliphatic carbocycles. The molecule has 152 valence electrons. The number of fused-ring (bicyclic) bond motifs is 1. The highest BCUT2D eigenvalue weighted by Crippen LogP contribution is 2.22. The van der Waals surface area contributed by atoms with Crippen LogP contribution in [0, 0.1) is 6.92 Å². The van der Waals surface area contributed by atoms with Crippen molar-refractivity contribution in [3.05, 3.63) is 65.4 Å². The molecule has 8 nitrogen and oxygen atoms in total. The average Bonchev–Trinajstić information content (AvgIpc) is 3.01. The van der Waals surface area contributed by atoms with Crippen LogP contribution in [0.25, 0.3) is 10.9 Å². The summed E-state index contributed by atoms with van der Waals surface area (Å²) >= 11 is 0. The zero-order chi connectivity index (χ0) is 21.2. The second-order valence-electron chi connectivity index (χ2n) is 6.77. The summed E-state index contributed by atoms with van der Waals surface area (Å²) in [6, 6.07) is 13.3. The Morgan fingerprint density at radius 1 is 1.03 bits per heavy atom. The van der Waals surface area contributed by atoms with Crippen molar-refractivity contribution in [3.8, 4) is 0 Å². The predicted molar refractivity (Wildman–Crippen MR) is 110 cm³/mol. The monoisotopic (exact) mass is 414 g/mol. The first-order valence-electron chi connectivity index (χ1n) is 8.88. The maximum Gasteiger partial charge on any atom is 0.269 e. The highest BCUT2D eigenvalue weighted by atomic mass is 32.2. The molecule has 0 unspecified atom stereocenters. The number of para-hydroxylation sites is 1. The SMILES string of the molecule is Cc1[nH]c2ccccc2c1CC(=O)NNC(=O)c1cccc(S(=O)(=O)N(C)C)c1. The van der Waals surface area contributed by atoms with E-state index in [2.05, 4.69) is 15.8 Å². The molecule has 0 radical (unpaired) electrons. The van der Waals surface area contributed by atoms with E-state index < -0.39 is 15.9 Å². The number of aromatic nitrogens is 1. The number of hydrogen-bond donors (Lipinski definition) is 3. The molecule has 3 N–H and O–H groups in total. The number of carbonyl (C=O) groups excluding carboxylic acids is 2. The van der Waals surface area contributed by atoms with Crippen LogP contribution >= 0.6 is 0 Å². The summed E-state index contributed by atoms with van der Waals surface area (Å²) in [7, 11) is -0.838. The predicted octanol–water partition coefficient (Wildman–Crippen LogP) is 1.73. The van der Waals surface area contributed by atoms with Gasteiger partial charge in [0.25, 0.3) is 5.91 Å². The number of hydrogen-bond acceptors (Lipinski definition) is 4. The fraction of sp³-hybridized carbons (Fsp3) is 0.200. The summed E-state index contributed by atoms with van der Waals surface area (Å²) < 4.78 is 25.5. The molecule has 0 spiro atoms. The third-order valence-electron chi connectivity index (χ3n) is 4.55. The third kappa shape index (κ3) is 4.30. The fourth-order valence-electron chi connectivity index (χ4n) is 2.97. The number of sulfonamides is 1. The van der Waals surface area contributed by atoms with Crippen LogP contribution in [0.1, 0.15) is 21.6 Å². The number of benzene rings is 2. The lowest BCUT2D eigenvalue weighted by Crippen LogP contribution is -2.42. The molecule has 29 heavy (non-hydrogen) atoms. The first-order chi connectivity index (χ1) is 13.7. The minimum absolute atomic E-state index is 0.00380. The van der Waals surface area contributed by atoms with E-state index in [4.69, 9.17) is 0 Å². The number of aryl methyl sites for hydroxylation is 1. The normalized spacial score (nSPS) is 11.6. The Hall–Kier alpha value is -3.17. The lowest BCUT2D eigenvalue weighted by molar-refractivity contribution is -0.121. The molecule has 0 bridgehead atoms. The van der Waals surface area contributed by atoms with Crippen molar-refractivity contribution >= 4 is 32.7 Å². The van der Waals surface area contributed by atoms with Crippen molar-refractivity contribution in [1.29, 1.82) is 0 Å². The summed E-state index contributed by atoms with van der Waals surface area (Å²) in [4.78, 5) is 27.9. The first kappa shape index (κ1) is 20.6. The van der Waals surface area contributed by atoms with Crippen molar-refractivity contribution in [2.45, 2.75) is 18.2 Å². The Morgan fingerprint density at radius 3 is 2.48 bits per heavy atom. The highest BCUT2D eigenvalue weighted by molar-refractivity contribution is 7.89. The average molecular weight is 414 g/mol. The van der Waals surface area contributed by atoms with E-state index in [1.807, 2.05) is 31.2 Å². The Balaban J connectivity index is 1.68. The van der Waals surface area contributed by atoms with E-state index in [1.165, 1.54) is 38.4 Å². The van der Waals surface area contributed by atoms with E-state index in [9.17, 15) is 18.0 Å². The fourth-order valence-corrected chi connectivity index (χ4v) is 3.92. The number of carbonyl (C=O) groups is 2. The van der Waals surface area contributed by atoms with Gasteiger partial charge < -0.3 is 4.98 Å². The van der Waals surface area contributed by atoms with E-state index in [0.29, 0.717) is 0 Å². The molecule has 1 aromatic heterocycles. The molecule has 0 atom stereocenters. The first-order valence-corrected chi connectivity index (χ1v) is 10.3. The van der Waals surface area contributed by atoms with Crippen LogP contribution in [-0.4, -0.2) is 43.6 Å². The molecule has 2 amide bonds. The molecule has 3 rings (SSSR count). The summed E-state index contributed by atoms with van der Waals surface area (Å²) in [5.74, 6) is -0.993. The highest BCUT2D eigenvalue weighted by Gasteiger charge is 2.19. The van der Waals surface area contributed by atoms with Gasteiger partial charge in [-0.2, -0.15) is 0 Å². The van der Waals surface area contributed by atoms with E-state index >= 15 is 0 Å². The maximum absolute atomic E-state index is 12.3. The van der Waals surface area contributed by atoms with E-state index in [-0.39, 0.29) is 22.8 Å². The van der Waals surface area contributed by atoms with Crippen LogP contribution in [0.5, 0.6) is 0 Å². The molecule has 0 saturated heterocycles. The molecule has 1 heterocycles. The molecule has 0 aliphatic heterocycles. The van der Waals surface area contributed by atoms with Gasteiger partial charge >= 0.3 is 0 Å². The van der Waals surface area contributed by atoms with Crippen LogP contribution in [-0.2, 0) is 21.2 Å². The minimum atomic E-state index is -3.66. The molecule has 0 saturated carbocycles. The zero-order valence-corrected chi connectivity index (χ0v) is 17.1. The molecule has 2 aromatic carbocycles. The third-order valence-corrected chi connectivity index (χ3v) is 6.37. The standard InChI is InChI=1S/C20H22N4O4S/c1-13-17(16-9-4-5-10-18(16)21-13)12-19(25)22-23-20(26)14-7-6-8-15(11-14)29(27,28)24(2)3/h4-11,21H,12H2,1-3H3,(H,22,25)(H,23,26). The molecule has 9 heteroatoms. The number of H-pyrrole nitrogens is 1. The van der Waals surface area contributed by atoms with Crippen molar-refractivity contribution < 1.29 is 18.0 Å². The Labute approximate surface area is 168 Å². The number of hydrazine groups is 1. The zero-order valence-electron chi connectivity index (χ0n) is 16.3. The second-order valence-corrected chi connectivity index (χ2v) is 8.92. The van der Waals surface area contributed by atoms with Crippen LogP contribution in [0.3, 0.4) is 0 Å². The number of rotatable bonds is 5. The van der Waals surface area contributed by atoms with Crippen LogP contribution < -0.4 is 10.9 Å². The molecule has 0 fully saturated rings. The van der Waals surface area contributed by atoms with Gasteiger partial charge in [0.2, 0.25) is 15.9 Å². The lowest BCUT2D eigenvalue weighted by Gasteiger charge is -2.12. The summed E-state index contributed by atoms with van der Waals surface area (Å²) in [5.41, 5.74) is 7.51. The number of nitrogens with one attached hydrogen (secondary N) is 3. The number of amides is 2. The van der Waals surface area contributed by atoms with Crippen molar-refractivity contribution in [2.75, 3.05) is 14.1 Å². The second kappa shape index (κ2) is 8.06. The van der Waals surface area contributed by atoms with Crippen molar-refractivity contribution in [3.63, 3.8) is 0 Å². The molecular weight excluding hydrogens is 392 g/mol. The van der Waals surface area contributed by atoms with Crippen LogP contribution in [0.4, 0.5) is 0 Å². The van der Waals surface area contributed by atoms with Crippen molar-refractivity contribution in [2.24, 2.45) is 0 Å². The van der Waals surface area contributed by atoms with E-state index in [1.54, 1.807) is 0 Å². The Morgan fingerprint density at radius 2 is 1.76 bits per heavy atom. The van der Waals surface area contributed by atoms with Crippen molar-refractivity contribution in [1.82, 2.24) is 20.1 Å². The topological polar surface area (TPSA) is 111 Å². The van der Waals surface area contributed by atoms with Gasteiger partial charge in [-0.3, -0.25) is 20.4 Å². The number of aromatic amines is 1. The smallest absolute Gasteiger partial charge is 0.269 e. The van der Waals surface area contributed by atoms with Crippen LogP contribution in [0.15, 0.2) is 53.4 Å². The molecule has 3 aromatic rings. The minimum Gasteiger partial charge on any atom is -0.358 e. The maximum atomic E-state index is 12.3. The van der Waals surface area contributed by atoms with Crippen LogP contribution in [0.2, 0.25) is 0 Å². The molecule has 0 aliphatic rings. The Kier molecular flexibility index (Phi) is 5.71. The van der Waals surface area contributed by atoms with Gasteiger partial charge in [0.05, 0.1) is 11.3 Å². The summed E-state index contributed by atoms with van der Waals surface area (Å²) in [6.45, 7) is 1.89. The quantitative estimate of drug-likeness (QED) is 0.552. The van der Waals surface area contributed by atoms with Gasteiger partial charge in [-0.25, -0.2) is 12.7 Å². The lowest BCUT2D eigenvalue weighted by atomic mass is 10.1. The summed E-state index contributed by atoms with van der Waals surface area (Å²) in [5, 5.41) is 0.952. The molecular formula is C20H22N4O4S. The van der Waals surface area contributed by atoms with Gasteiger partial charge in [-0.05, 0) is 36.8 Å². The van der Waals surface area contributed by atoms with Gasteiger partial charge in [-0.1, -0.05) is 24.3 Å². The summed E-state index contributed by atoms with van der Waals surface area (Å²) in [6.07, 6.45) is 0.0885.